The zero-order valence-electron chi connectivity index (χ0n) is 21.8. The summed E-state index contributed by atoms with van der Waals surface area (Å²) in [5, 5.41) is 5.73. The summed E-state index contributed by atoms with van der Waals surface area (Å²) in [6.45, 7) is 6.14. The maximum absolute atomic E-state index is 13.0. The molecule has 0 unspecified atom stereocenters. The summed E-state index contributed by atoms with van der Waals surface area (Å²) >= 11 is 7.11. The largest absolute Gasteiger partial charge is 0.444 e. The molecule has 3 aromatic rings. The smallest absolute Gasteiger partial charge is 0.410 e. The lowest BCUT2D eigenvalue weighted by Gasteiger charge is -2.35. The van der Waals surface area contributed by atoms with Gasteiger partial charge < -0.3 is 20.3 Å². The van der Waals surface area contributed by atoms with Gasteiger partial charge in [0.25, 0.3) is 11.8 Å². The van der Waals surface area contributed by atoms with Crippen molar-refractivity contribution in [2.24, 2.45) is 0 Å². The van der Waals surface area contributed by atoms with Crippen LogP contribution in [-0.4, -0.2) is 54.0 Å². The van der Waals surface area contributed by atoms with E-state index in [2.05, 4.69) is 10.6 Å². The summed E-state index contributed by atoms with van der Waals surface area (Å²) in [5.74, 6) is -0.804. The van der Waals surface area contributed by atoms with Gasteiger partial charge >= 0.3 is 6.09 Å². The molecule has 11 heteroatoms. The first-order valence-electron chi connectivity index (χ1n) is 12.3. The zero-order valence-corrected chi connectivity index (χ0v) is 23.4. The van der Waals surface area contributed by atoms with Crippen molar-refractivity contribution < 1.29 is 23.9 Å². The van der Waals surface area contributed by atoms with Crippen LogP contribution >= 0.6 is 22.9 Å². The van der Waals surface area contributed by atoms with Crippen LogP contribution in [0.2, 0.25) is 4.34 Å². The Labute approximate surface area is 235 Å². The molecule has 4 rings (SSSR count). The molecule has 0 atom stereocenters. The van der Waals surface area contributed by atoms with Gasteiger partial charge in [0.05, 0.1) is 9.21 Å². The molecule has 0 bridgehead atoms. The van der Waals surface area contributed by atoms with E-state index in [9.17, 15) is 19.2 Å². The minimum atomic E-state index is -0.638. The van der Waals surface area contributed by atoms with E-state index in [4.69, 9.17) is 16.3 Å². The molecule has 204 valence electrons. The Morgan fingerprint density at radius 1 is 0.974 bits per heavy atom. The molecule has 0 radical (unpaired) electrons. The van der Waals surface area contributed by atoms with E-state index in [-0.39, 0.29) is 30.8 Å². The highest BCUT2D eigenvalue weighted by molar-refractivity contribution is 7.18. The first-order chi connectivity index (χ1) is 18.5. The molecule has 9 nitrogen and oxygen atoms in total. The van der Waals surface area contributed by atoms with Crippen molar-refractivity contribution in [1.82, 2.24) is 10.2 Å². The highest BCUT2D eigenvalue weighted by Crippen LogP contribution is 2.23. The fourth-order valence-corrected chi connectivity index (χ4v) is 4.87. The highest BCUT2D eigenvalue weighted by Gasteiger charge is 2.31. The van der Waals surface area contributed by atoms with Crippen LogP contribution in [0.25, 0.3) is 0 Å². The lowest BCUT2D eigenvalue weighted by atomic mass is 10.1. The third kappa shape index (κ3) is 7.36. The molecule has 2 aromatic carbocycles. The molecule has 1 aromatic heterocycles. The Morgan fingerprint density at radius 3 is 2.33 bits per heavy atom. The first kappa shape index (κ1) is 28.1. The van der Waals surface area contributed by atoms with Gasteiger partial charge in [0, 0.05) is 36.6 Å². The van der Waals surface area contributed by atoms with Crippen molar-refractivity contribution in [2.75, 3.05) is 29.9 Å². The van der Waals surface area contributed by atoms with E-state index in [0.29, 0.717) is 39.2 Å². The number of nitrogens with one attached hydrogen (secondary N) is 2. The summed E-state index contributed by atoms with van der Waals surface area (Å²) in [6.07, 6.45) is -0.515. The second-order valence-electron chi connectivity index (χ2n) is 9.89. The number of carbonyl (C=O) groups is 4. The number of carbonyl (C=O) groups excluding carboxylic acids is 4. The van der Waals surface area contributed by atoms with Gasteiger partial charge in [-0.2, -0.15) is 0 Å². The van der Waals surface area contributed by atoms with Crippen molar-refractivity contribution in [3.05, 3.63) is 81.0 Å². The number of nitrogens with zero attached hydrogens (tertiary/aromatic N) is 2. The molecule has 0 saturated carbocycles. The second kappa shape index (κ2) is 11.9. The Kier molecular flexibility index (Phi) is 8.57. The average molecular weight is 569 g/mol. The van der Waals surface area contributed by atoms with E-state index in [0.717, 1.165) is 5.56 Å². The van der Waals surface area contributed by atoms with Crippen molar-refractivity contribution in [2.45, 2.75) is 32.9 Å². The Bertz CT molecular complexity index is 1380. The number of halogens is 1. The molecular weight excluding hydrogens is 540 g/mol. The molecule has 0 aliphatic carbocycles. The van der Waals surface area contributed by atoms with Gasteiger partial charge in [0.1, 0.15) is 12.1 Å². The molecule has 1 saturated heterocycles. The van der Waals surface area contributed by atoms with Crippen molar-refractivity contribution >= 4 is 58.1 Å². The normalized spacial score (nSPS) is 13.7. The van der Waals surface area contributed by atoms with Gasteiger partial charge in [-0.15, -0.1) is 11.3 Å². The molecule has 1 aliphatic rings. The van der Waals surface area contributed by atoms with Gasteiger partial charge in [-0.25, -0.2) is 4.79 Å². The van der Waals surface area contributed by atoms with Crippen LogP contribution in [0.3, 0.4) is 0 Å². The summed E-state index contributed by atoms with van der Waals surface area (Å²) in [5.41, 5.74) is 1.72. The van der Waals surface area contributed by atoms with Crippen LogP contribution < -0.4 is 15.5 Å². The average Bonchev–Trinajstić information content (AvgIpc) is 3.33. The Balaban J connectivity index is 1.35. The Morgan fingerprint density at radius 2 is 1.69 bits per heavy atom. The minimum Gasteiger partial charge on any atom is -0.444 e. The topological polar surface area (TPSA) is 108 Å². The van der Waals surface area contributed by atoms with E-state index in [1.165, 1.54) is 16.2 Å². The van der Waals surface area contributed by atoms with Gasteiger partial charge in [-0.3, -0.25) is 19.3 Å². The van der Waals surface area contributed by atoms with Gasteiger partial charge in [-0.05, 0) is 68.8 Å². The maximum atomic E-state index is 13.0. The molecule has 0 spiro atoms. The Hall–Kier alpha value is -3.89. The summed E-state index contributed by atoms with van der Waals surface area (Å²) in [6, 6.07) is 17.2. The third-order valence-electron chi connectivity index (χ3n) is 5.82. The van der Waals surface area contributed by atoms with Crippen LogP contribution in [0.1, 0.15) is 46.4 Å². The fourth-order valence-electron chi connectivity index (χ4n) is 3.91. The summed E-state index contributed by atoms with van der Waals surface area (Å²) in [7, 11) is 0. The molecule has 39 heavy (non-hydrogen) atoms. The molecule has 2 N–H and O–H groups in total. The number of benzene rings is 2. The van der Waals surface area contributed by atoms with Crippen LogP contribution in [0, 0.1) is 0 Å². The van der Waals surface area contributed by atoms with E-state index in [1.807, 2.05) is 12.1 Å². The minimum absolute atomic E-state index is 0.0794. The van der Waals surface area contributed by atoms with Crippen LogP contribution in [0.4, 0.5) is 16.2 Å². The van der Waals surface area contributed by atoms with Crippen molar-refractivity contribution in [1.29, 1.82) is 0 Å². The van der Waals surface area contributed by atoms with Crippen LogP contribution in [-0.2, 0) is 16.1 Å². The molecule has 1 aliphatic heterocycles. The summed E-state index contributed by atoms with van der Waals surface area (Å²) in [4.78, 5) is 53.9. The lowest BCUT2D eigenvalue weighted by Crippen LogP contribution is -2.53. The number of hydrogen-bond acceptors (Lipinski definition) is 6. The van der Waals surface area contributed by atoms with Crippen LogP contribution in [0.15, 0.2) is 60.7 Å². The lowest BCUT2D eigenvalue weighted by molar-refractivity contribution is -0.121. The SMILES string of the molecule is CC(C)(C)OC(=O)N1CCN(c2ccc(C(=O)Nc3ccccc3CNC(=O)c3ccc(Cl)s3)cc2)C(=O)C1. The zero-order chi connectivity index (χ0) is 28.2. The van der Waals surface area contributed by atoms with Crippen molar-refractivity contribution in [3.8, 4) is 0 Å². The first-order valence-corrected chi connectivity index (χ1v) is 13.5. The highest BCUT2D eigenvalue weighted by atomic mass is 35.5. The number of para-hydroxylation sites is 1. The molecule has 2 heterocycles. The second-order valence-corrected chi connectivity index (χ2v) is 11.6. The van der Waals surface area contributed by atoms with Crippen molar-refractivity contribution in [3.63, 3.8) is 0 Å². The summed E-state index contributed by atoms with van der Waals surface area (Å²) < 4.78 is 5.89. The standard InChI is InChI=1S/C28H29ClN4O5S/c1-28(2,3)38-27(37)32-14-15-33(24(34)17-32)20-10-8-18(9-11-20)25(35)31-21-7-5-4-6-19(21)16-30-26(36)22-12-13-23(29)39-22/h4-13H,14-17H2,1-3H3,(H,30,36)(H,31,35). The van der Waals surface area contributed by atoms with E-state index < -0.39 is 11.7 Å². The third-order valence-corrected chi connectivity index (χ3v) is 7.05. The molecule has 1 fully saturated rings. The number of thiophene rings is 1. The monoisotopic (exact) mass is 568 g/mol. The number of anilines is 2. The van der Waals surface area contributed by atoms with E-state index >= 15 is 0 Å². The number of piperazine rings is 1. The number of ether oxygens (including phenoxy) is 1. The van der Waals surface area contributed by atoms with Gasteiger partial charge in [0.15, 0.2) is 0 Å². The predicted octanol–water partition coefficient (Wildman–Crippen LogP) is 5.17. The maximum Gasteiger partial charge on any atom is 0.410 e. The number of amides is 4. The molecular formula is C28H29ClN4O5S. The van der Waals surface area contributed by atoms with Gasteiger partial charge in [-0.1, -0.05) is 29.8 Å². The number of hydrogen-bond donors (Lipinski definition) is 2. The van der Waals surface area contributed by atoms with E-state index in [1.54, 1.807) is 74.2 Å². The quantitative estimate of drug-likeness (QED) is 0.427. The fraction of sp³-hybridized carbons (Fsp3) is 0.286. The van der Waals surface area contributed by atoms with Crippen LogP contribution in [0.5, 0.6) is 0 Å². The van der Waals surface area contributed by atoms with Gasteiger partial charge in [0.2, 0.25) is 5.91 Å². The number of rotatable bonds is 6. The predicted molar refractivity (Wildman–Crippen MR) is 151 cm³/mol. The molecule has 4 amide bonds.